The molecule has 0 aromatic heterocycles. The number of ether oxygens (including phenoxy) is 1. The number of nitrogens with zero attached hydrogens (tertiary/aromatic N) is 3. The maximum Gasteiger partial charge on any atom is 0.338 e. The van der Waals surface area contributed by atoms with E-state index in [9.17, 15) is 18.0 Å². The first-order valence-corrected chi connectivity index (χ1v) is 14.9. The third kappa shape index (κ3) is 6.14. The summed E-state index contributed by atoms with van der Waals surface area (Å²) in [5.41, 5.74) is 2.56. The maximum absolute atomic E-state index is 13.4. The van der Waals surface area contributed by atoms with E-state index in [1.165, 1.54) is 4.31 Å². The van der Waals surface area contributed by atoms with Crippen molar-refractivity contribution in [1.82, 2.24) is 19.4 Å². The second-order valence-electron chi connectivity index (χ2n) is 9.78. The van der Waals surface area contributed by atoms with Crippen molar-refractivity contribution in [2.75, 3.05) is 39.3 Å². The predicted octanol–water partition coefficient (Wildman–Crippen LogP) is 3.95. The molecule has 2 aliphatic heterocycles. The molecule has 1 N–H and O–H groups in total. The summed E-state index contributed by atoms with van der Waals surface area (Å²) in [5.74, 6) is -0.510. The van der Waals surface area contributed by atoms with Crippen LogP contribution in [0.1, 0.15) is 37.9 Å². The van der Waals surface area contributed by atoms with Crippen LogP contribution < -0.4 is 5.32 Å². The van der Waals surface area contributed by atoms with E-state index in [0.29, 0.717) is 41.5 Å². The summed E-state index contributed by atoms with van der Waals surface area (Å²) in [4.78, 5) is 30.4. The first-order valence-electron chi connectivity index (χ1n) is 13.1. The molecule has 210 valence electrons. The van der Waals surface area contributed by atoms with Crippen LogP contribution in [0.25, 0.3) is 0 Å². The standard InChI is InChI=1S/C28H35ClN4O5S/c1-5-32-24(25(27(34)38-6-2)26(30-28(32)35)21-8-7-9-22(29)16-21)18-31-14-15-33(20(4)17-31)39(36,37)23-12-10-19(3)11-13-23/h7-13,16,20,26H,5-6,14-15,17-18H2,1-4H3,(H,30,35). The zero-order valence-corrected chi connectivity index (χ0v) is 24.3. The van der Waals surface area contributed by atoms with E-state index >= 15 is 0 Å². The van der Waals surface area contributed by atoms with Gasteiger partial charge in [-0.3, -0.25) is 9.80 Å². The number of piperazine rings is 1. The molecule has 2 unspecified atom stereocenters. The molecule has 0 bridgehead atoms. The van der Waals surface area contributed by atoms with Crippen LogP contribution in [0.4, 0.5) is 4.79 Å². The average Bonchev–Trinajstić information content (AvgIpc) is 2.89. The first kappa shape index (κ1) is 29.1. The Balaban J connectivity index is 1.65. The Labute approximate surface area is 235 Å². The summed E-state index contributed by atoms with van der Waals surface area (Å²) >= 11 is 6.24. The molecule has 2 aromatic rings. The third-order valence-electron chi connectivity index (χ3n) is 7.08. The smallest absolute Gasteiger partial charge is 0.338 e. The van der Waals surface area contributed by atoms with Gasteiger partial charge >= 0.3 is 12.0 Å². The number of amides is 2. The van der Waals surface area contributed by atoms with Gasteiger partial charge in [-0.15, -0.1) is 0 Å². The molecular formula is C28H35ClN4O5S. The number of carbonyl (C=O) groups is 2. The van der Waals surface area contributed by atoms with Crippen molar-refractivity contribution < 1.29 is 22.7 Å². The van der Waals surface area contributed by atoms with Crippen molar-refractivity contribution in [3.05, 3.63) is 76.0 Å². The Morgan fingerprint density at radius 1 is 1.13 bits per heavy atom. The number of aryl methyl sites for hydroxylation is 1. The van der Waals surface area contributed by atoms with Crippen LogP contribution in [0.15, 0.2) is 64.7 Å². The van der Waals surface area contributed by atoms with E-state index in [4.69, 9.17) is 16.3 Å². The monoisotopic (exact) mass is 574 g/mol. The fraction of sp³-hybridized carbons (Fsp3) is 0.429. The van der Waals surface area contributed by atoms with E-state index in [2.05, 4.69) is 10.2 Å². The second kappa shape index (κ2) is 12.1. The fourth-order valence-electron chi connectivity index (χ4n) is 5.17. The van der Waals surface area contributed by atoms with Gasteiger partial charge in [-0.25, -0.2) is 18.0 Å². The number of halogens is 1. The predicted molar refractivity (Wildman–Crippen MR) is 150 cm³/mol. The van der Waals surface area contributed by atoms with Gasteiger partial charge in [-0.05, 0) is 57.5 Å². The molecule has 2 amide bonds. The molecule has 0 spiro atoms. The Kier molecular flexibility index (Phi) is 9.00. The van der Waals surface area contributed by atoms with Gasteiger partial charge in [0.1, 0.15) is 0 Å². The number of urea groups is 1. The Bertz CT molecular complexity index is 1360. The molecule has 2 aliphatic rings. The minimum Gasteiger partial charge on any atom is -0.463 e. The molecule has 1 saturated heterocycles. The zero-order chi connectivity index (χ0) is 28.3. The van der Waals surface area contributed by atoms with Crippen molar-refractivity contribution >= 4 is 33.6 Å². The normalized spacial score (nSPS) is 21.2. The van der Waals surface area contributed by atoms with Crippen molar-refractivity contribution in [2.45, 2.75) is 44.7 Å². The van der Waals surface area contributed by atoms with Gasteiger partial charge in [0, 0.05) is 49.5 Å². The summed E-state index contributed by atoms with van der Waals surface area (Å²) < 4.78 is 33.7. The lowest BCUT2D eigenvalue weighted by Crippen LogP contribution is -2.56. The highest BCUT2D eigenvalue weighted by molar-refractivity contribution is 7.89. The summed E-state index contributed by atoms with van der Waals surface area (Å²) in [6, 6.07) is 12.5. The summed E-state index contributed by atoms with van der Waals surface area (Å²) in [7, 11) is -3.66. The van der Waals surface area contributed by atoms with E-state index < -0.39 is 22.0 Å². The van der Waals surface area contributed by atoms with Crippen molar-refractivity contribution in [3.63, 3.8) is 0 Å². The summed E-state index contributed by atoms with van der Waals surface area (Å²) in [6.07, 6.45) is 0. The van der Waals surface area contributed by atoms with Crippen LogP contribution in [0.2, 0.25) is 5.02 Å². The minimum atomic E-state index is -3.66. The Hall–Kier alpha value is -2.92. The van der Waals surface area contributed by atoms with Gasteiger partial charge in [0.15, 0.2) is 0 Å². The van der Waals surface area contributed by atoms with Gasteiger partial charge < -0.3 is 10.1 Å². The van der Waals surface area contributed by atoms with Crippen LogP contribution in [0, 0.1) is 6.92 Å². The van der Waals surface area contributed by atoms with Crippen molar-refractivity contribution in [1.29, 1.82) is 0 Å². The highest BCUT2D eigenvalue weighted by Gasteiger charge is 2.40. The first-order chi connectivity index (χ1) is 18.6. The largest absolute Gasteiger partial charge is 0.463 e. The molecule has 2 heterocycles. The molecule has 2 aromatic carbocycles. The van der Waals surface area contributed by atoms with E-state index in [-0.39, 0.29) is 36.7 Å². The number of esters is 1. The van der Waals surface area contributed by atoms with Crippen LogP contribution >= 0.6 is 11.6 Å². The molecule has 11 heteroatoms. The summed E-state index contributed by atoms with van der Waals surface area (Å²) in [5, 5.41) is 3.43. The molecule has 39 heavy (non-hydrogen) atoms. The molecular weight excluding hydrogens is 540 g/mol. The van der Waals surface area contributed by atoms with Gasteiger partial charge in [0.2, 0.25) is 10.0 Å². The SMILES string of the molecule is CCOC(=O)C1=C(CN2CCN(S(=O)(=O)c3ccc(C)cc3)C(C)C2)N(CC)C(=O)NC1c1cccc(Cl)c1. The molecule has 1 fully saturated rings. The molecule has 2 atom stereocenters. The highest BCUT2D eigenvalue weighted by Crippen LogP contribution is 2.33. The summed E-state index contributed by atoms with van der Waals surface area (Å²) in [6.45, 7) is 9.36. The number of hydrogen-bond acceptors (Lipinski definition) is 6. The molecule has 9 nitrogen and oxygen atoms in total. The van der Waals surface area contributed by atoms with Gasteiger partial charge in [0.25, 0.3) is 0 Å². The lowest BCUT2D eigenvalue weighted by molar-refractivity contribution is -0.139. The fourth-order valence-corrected chi connectivity index (χ4v) is 6.98. The van der Waals surface area contributed by atoms with Crippen LogP contribution in [0.5, 0.6) is 0 Å². The lowest BCUT2D eigenvalue weighted by Gasteiger charge is -2.42. The van der Waals surface area contributed by atoms with Gasteiger partial charge in [-0.2, -0.15) is 4.31 Å². The highest BCUT2D eigenvalue weighted by atomic mass is 35.5. The lowest BCUT2D eigenvalue weighted by atomic mass is 9.94. The van der Waals surface area contributed by atoms with Crippen molar-refractivity contribution in [2.24, 2.45) is 0 Å². The number of carbonyl (C=O) groups excluding carboxylic acids is 2. The second-order valence-corrected chi connectivity index (χ2v) is 12.1. The van der Waals surface area contributed by atoms with Crippen LogP contribution in [0.3, 0.4) is 0 Å². The quantitative estimate of drug-likeness (QED) is 0.479. The number of sulfonamides is 1. The molecule has 0 aliphatic carbocycles. The third-order valence-corrected chi connectivity index (χ3v) is 9.35. The van der Waals surface area contributed by atoms with E-state index in [1.54, 1.807) is 54.3 Å². The average molecular weight is 575 g/mol. The van der Waals surface area contributed by atoms with E-state index in [0.717, 1.165) is 5.56 Å². The van der Waals surface area contributed by atoms with Crippen LogP contribution in [-0.2, 0) is 19.6 Å². The number of likely N-dealkylation sites (N-methyl/N-ethyl adjacent to an activating group) is 1. The topological polar surface area (TPSA) is 99.3 Å². The van der Waals surface area contributed by atoms with Gasteiger partial charge in [-0.1, -0.05) is 41.4 Å². The number of nitrogens with one attached hydrogen (secondary N) is 1. The molecule has 4 rings (SSSR count). The van der Waals surface area contributed by atoms with Crippen LogP contribution in [-0.4, -0.2) is 79.9 Å². The number of benzene rings is 2. The number of hydrogen-bond donors (Lipinski definition) is 1. The number of rotatable bonds is 8. The van der Waals surface area contributed by atoms with Gasteiger partial charge in [0.05, 0.1) is 23.1 Å². The minimum absolute atomic E-state index is 0.185. The Morgan fingerprint density at radius 3 is 2.46 bits per heavy atom. The van der Waals surface area contributed by atoms with Crippen molar-refractivity contribution in [3.8, 4) is 0 Å². The maximum atomic E-state index is 13.4. The Morgan fingerprint density at radius 2 is 1.85 bits per heavy atom. The molecule has 0 saturated carbocycles. The molecule has 0 radical (unpaired) electrons. The van der Waals surface area contributed by atoms with E-state index in [1.807, 2.05) is 26.8 Å². The zero-order valence-electron chi connectivity index (χ0n) is 22.7.